The Hall–Kier alpha value is -1.23. The number of nitrogens with one attached hydrogen (secondary N) is 1. The molecule has 5 heteroatoms. The molecule has 106 valence electrons. The number of pyridine rings is 1. The Morgan fingerprint density at radius 3 is 2.63 bits per heavy atom. The summed E-state index contributed by atoms with van der Waals surface area (Å²) in [7, 11) is 2.04. The van der Waals surface area contributed by atoms with Crippen LogP contribution in [0.3, 0.4) is 0 Å². The lowest BCUT2D eigenvalue weighted by Gasteiger charge is -2.30. The van der Waals surface area contributed by atoms with Gasteiger partial charge in [-0.05, 0) is 38.2 Å². The molecule has 0 bridgehead atoms. The Balaban J connectivity index is 3.27. The number of hydrogen-bond acceptors (Lipinski definition) is 4. The minimum absolute atomic E-state index is 0.0888. The maximum atomic E-state index is 7.79. The van der Waals surface area contributed by atoms with Crippen molar-refractivity contribution in [1.82, 2.24) is 4.98 Å². The third kappa shape index (κ3) is 3.62. The molecule has 3 N–H and O–H groups in total. The third-order valence-electron chi connectivity index (χ3n) is 3.31. The van der Waals surface area contributed by atoms with Gasteiger partial charge < -0.3 is 10.6 Å². The standard InChI is InChI=1S/C14H24N4S/c1-6-11(8-19-5)18(4)14-12(13(15)16)9(2)7-10(3)17-14/h7,11H,6,8H2,1-5H3,(H3,15,16). The first kappa shape index (κ1) is 15.8. The highest BCUT2D eigenvalue weighted by Gasteiger charge is 2.20. The molecule has 0 aromatic carbocycles. The average molecular weight is 280 g/mol. The first-order valence-corrected chi connectivity index (χ1v) is 7.86. The van der Waals surface area contributed by atoms with E-state index in [1.54, 1.807) is 0 Å². The number of nitrogens with zero attached hydrogens (tertiary/aromatic N) is 2. The number of nitrogen functional groups attached to an aromatic ring is 1. The summed E-state index contributed by atoms with van der Waals surface area (Å²) in [5.74, 6) is 1.95. The zero-order valence-electron chi connectivity index (χ0n) is 12.4. The van der Waals surface area contributed by atoms with Gasteiger partial charge in [-0.3, -0.25) is 5.41 Å². The maximum absolute atomic E-state index is 7.79. The summed E-state index contributed by atoms with van der Waals surface area (Å²) in [4.78, 5) is 6.76. The van der Waals surface area contributed by atoms with Crippen molar-refractivity contribution in [3.8, 4) is 0 Å². The van der Waals surface area contributed by atoms with Crippen molar-refractivity contribution in [2.45, 2.75) is 33.2 Å². The van der Waals surface area contributed by atoms with Gasteiger partial charge in [0, 0.05) is 24.5 Å². The van der Waals surface area contributed by atoms with Crippen LogP contribution in [-0.2, 0) is 0 Å². The van der Waals surface area contributed by atoms with Gasteiger partial charge in [0.25, 0.3) is 0 Å². The lowest BCUT2D eigenvalue weighted by molar-refractivity contribution is 0.664. The lowest BCUT2D eigenvalue weighted by Crippen LogP contribution is -2.36. The summed E-state index contributed by atoms with van der Waals surface area (Å²) in [5, 5.41) is 7.79. The van der Waals surface area contributed by atoms with Gasteiger partial charge in [0.2, 0.25) is 0 Å². The summed E-state index contributed by atoms with van der Waals surface area (Å²) in [6, 6.07) is 2.38. The first-order chi connectivity index (χ1) is 8.92. The number of anilines is 1. The van der Waals surface area contributed by atoms with E-state index in [9.17, 15) is 0 Å². The molecule has 1 atom stereocenters. The summed E-state index contributed by atoms with van der Waals surface area (Å²) in [6.07, 6.45) is 3.15. The predicted octanol–water partition coefficient (Wildman–Crippen LogP) is 2.56. The van der Waals surface area contributed by atoms with E-state index in [0.29, 0.717) is 6.04 Å². The molecule has 0 aliphatic rings. The van der Waals surface area contributed by atoms with Crippen molar-refractivity contribution >= 4 is 23.4 Å². The number of amidine groups is 1. The van der Waals surface area contributed by atoms with Crippen LogP contribution in [-0.4, -0.2) is 35.9 Å². The van der Waals surface area contributed by atoms with E-state index in [0.717, 1.165) is 34.8 Å². The van der Waals surface area contributed by atoms with Gasteiger partial charge in [-0.15, -0.1) is 0 Å². The molecule has 1 aromatic heterocycles. The second kappa shape index (κ2) is 6.80. The summed E-state index contributed by atoms with van der Waals surface area (Å²) in [6.45, 7) is 6.13. The van der Waals surface area contributed by atoms with E-state index in [4.69, 9.17) is 11.1 Å². The minimum atomic E-state index is 0.0888. The van der Waals surface area contributed by atoms with Crippen LogP contribution in [0.15, 0.2) is 6.07 Å². The molecule has 0 saturated carbocycles. The molecule has 4 nitrogen and oxygen atoms in total. The number of thioether (sulfide) groups is 1. The second-order valence-corrected chi connectivity index (χ2v) is 5.73. The van der Waals surface area contributed by atoms with E-state index in [1.165, 1.54) is 0 Å². The van der Waals surface area contributed by atoms with Crippen molar-refractivity contribution in [2.24, 2.45) is 5.73 Å². The first-order valence-electron chi connectivity index (χ1n) is 6.46. The van der Waals surface area contributed by atoms with Gasteiger partial charge in [-0.2, -0.15) is 11.8 Å². The molecule has 1 aromatic rings. The second-order valence-electron chi connectivity index (χ2n) is 4.82. The highest BCUT2D eigenvalue weighted by atomic mass is 32.2. The van der Waals surface area contributed by atoms with Crippen LogP contribution in [0.1, 0.15) is 30.2 Å². The Kier molecular flexibility index (Phi) is 5.66. The van der Waals surface area contributed by atoms with Gasteiger partial charge in [0.1, 0.15) is 11.7 Å². The number of aryl methyl sites for hydroxylation is 2. The normalized spacial score (nSPS) is 12.3. The quantitative estimate of drug-likeness (QED) is 0.621. The molecular weight excluding hydrogens is 256 g/mol. The molecule has 1 rings (SSSR count). The van der Waals surface area contributed by atoms with Crippen LogP contribution in [0.4, 0.5) is 5.82 Å². The van der Waals surface area contributed by atoms with Crippen molar-refractivity contribution < 1.29 is 0 Å². The Morgan fingerprint density at radius 2 is 2.16 bits per heavy atom. The zero-order valence-corrected chi connectivity index (χ0v) is 13.3. The van der Waals surface area contributed by atoms with Crippen molar-refractivity contribution in [2.75, 3.05) is 24.0 Å². The molecule has 0 aliphatic heterocycles. The largest absolute Gasteiger partial charge is 0.384 e. The van der Waals surface area contributed by atoms with E-state index >= 15 is 0 Å². The van der Waals surface area contributed by atoms with Gasteiger partial charge in [-0.25, -0.2) is 4.98 Å². The van der Waals surface area contributed by atoms with Gasteiger partial charge >= 0.3 is 0 Å². The monoisotopic (exact) mass is 280 g/mol. The van der Waals surface area contributed by atoms with Crippen LogP contribution < -0.4 is 10.6 Å². The Labute approximate surface area is 120 Å². The summed E-state index contributed by atoms with van der Waals surface area (Å²) in [5.41, 5.74) is 8.46. The minimum Gasteiger partial charge on any atom is -0.384 e. The van der Waals surface area contributed by atoms with Crippen molar-refractivity contribution in [1.29, 1.82) is 5.41 Å². The lowest BCUT2D eigenvalue weighted by atomic mass is 10.1. The molecule has 0 radical (unpaired) electrons. The molecule has 0 aliphatic carbocycles. The van der Waals surface area contributed by atoms with E-state index in [-0.39, 0.29) is 5.84 Å². The third-order valence-corrected chi connectivity index (χ3v) is 4.03. The van der Waals surface area contributed by atoms with Crippen molar-refractivity contribution in [3.63, 3.8) is 0 Å². The average Bonchev–Trinajstić information content (AvgIpc) is 2.33. The molecule has 0 amide bonds. The molecule has 0 saturated heterocycles. The maximum Gasteiger partial charge on any atom is 0.140 e. The molecule has 1 unspecified atom stereocenters. The highest BCUT2D eigenvalue weighted by Crippen LogP contribution is 2.24. The van der Waals surface area contributed by atoms with Crippen LogP contribution >= 0.6 is 11.8 Å². The summed E-state index contributed by atoms with van der Waals surface area (Å²) >= 11 is 1.83. The smallest absolute Gasteiger partial charge is 0.140 e. The van der Waals surface area contributed by atoms with Gasteiger partial charge in [0.15, 0.2) is 0 Å². The fourth-order valence-electron chi connectivity index (χ4n) is 2.27. The highest BCUT2D eigenvalue weighted by molar-refractivity contribution is 7.98. The van der Waals surface area contributed by atoms with Gasteiger partial charge in [0.05, 0.1) is 5.56 Å². The zero-order chi connectivity index (χ0) is 14.6. The van der Waals surface area contributed by atoms with E-state index < -0.39 is 0 Å². The fourth-order valence-corrected chi connectivity index (χ4v) is 3.12. The van der Waals surface area contributed by atoms with Crippen LogP contribution in [0.2, 0.25) is 0 Å². The summed E-state index contributed by atoms with van der Waals surface area (Å²) < 4.78 is 0. The number of hydrogen-bond donors (Lipinski definition) is 2. The van der Waals surface area contributed by atoms with E-state index in [1.807, 2.05) is 38.7 Å². The molecule has 19 heavy (non-hydrogen) atoms. The fraction of sp³-hybridized carbons (Fsp3) is 0.571. The number of nitrogens with two attached hydrogens (primary N) is 1. The molecule has 0 fully saturated rings. The van der Waals surface area contributed by atoms with Crippen LogP contribution in [0.5, 0.6) is 0 Å². The van der Waals surface area contributed by atoms with Crippen LogP contribution in [0.25, 0.3) is 0 Å². The van der Waals surface area contributed by atoms with Gasteiger partial charge in [-0.1, -0.05) is 6.92 Å². The number of rotatable bonds is 6. The van der Waals surface area contributed by atoms with Crippen LogP contribution in [0, 0.1) is 19.3 Å². The van der Waals surface area contributed by atoms with E-state index in [2.05, 4.69) is 23.1 Å². The predicted molar refractivity (Wildman–Crippen MR) is 85.6 cm³/mol. The molecule has 0 spiro atoms. The Bertz CT molecular complexity index is 459. The van der Waals surface area contributed by atoms with Crippen molar-refractivity contribution in [3.05, 3.63) is 22.9 Å². The topological polar surface area (TPSA) is 66.0 Å². The molecular formula is C14H24N4S. The molecule has 1 heterocycles. The number of aromatic nitrogens is 1. The SMILES string of the molecule is CCC(CSC)N(C)c1nc(C)cc(C)c1C(=N)N. The Morgan fingerprint density at radius 1 is 1.53 bits per heavy atom.